The van der Waals surface area contributed by atoms with Gasteiger partial charge in [-0.3, -0.25) is 0 Å². The van der Waals surface area contributed by atoms with Gasteiger partial charge in [-0.2, -0.15) is 0 Å². The van der Waals surface area contributed by atoms with E-state index in [-0.39, 0.29) is 0 Å². The highest BCUT2D eigenvalue weighted by molar-refractivity contribution is 7.21. The van der Waals surface area contributed by atoms with Crippen LogP contribution in [0.3, 0.4) is 0 Å². The fraction of sp³-hybridized carbons (Fsp3) is 0. The minimum atomic E-state index is -2.86. The topological polar surface area (TPSA) is 21.7 Å². The Balaban J connectivity index is 1.18. The fourth-order valence-corrected chi connectivity index (χ4v) is 13.3. The Morgan fingerprint density at radius 2 is 0.808 bits per heavy atom. The molecule has 0 aromatic heterocycles. The molecule has 2 aliphatic rings. The van der Waals surface area contributed by atoms with Gasteiger partial charge in [0.1, 0.15) is 23.0 Å². The number of nitrogens with zero attached hydrogens (tertiary/aromatic N) is 1. The number of fused-ring (bicyclic) bond motifs is 8. The average molecular weight is 684 g/mol. The minimum Gasteiger partial charge on any atom is -0.458 e. The smallest absolute Gasteiger partial charge is 0.196 e. The number of hydrogen-bond acceptors (Lipinski definition) is 3. The van der Waals surface area contributed by atoms with Crippen molar-refractivity contribution in [2.75, 3.05) is 4.90 Å². The van der Waals surface area contributed by atoms with Crippen LogP contribution in [0.15, 0.2) is 200 Å². The summed E-state index contributed by atoms with van der Waals surface area (Å²) in [6, 6.07) is 71.3. The zero-order chi connectivity index (χ0) is 34.5. The normalized spacial score (nSPS) is 13.1. The second kappa shape index (κ2) is 12.3. The third-order valence-corrected chi connectivity index (χ3v) is 15.2. The third-order valence-electron chi connectivity index (χ3n) is 10.4. The molecule has 0 radical (unpaired) electrons. The van der Waals surface area contributed by atoms with Crippen LogP contribution in [0, 0.1) is 0 Å². The summed E-state index contributed by atoms with van der Waals surface area (Å²) in [6.45, 7) is 0. The molecular formula is C48H33NO2Si. The summed E-state index contributed by atoms with van der Waals surface area (Å²) >= 11 is 0. The summed E-state index contributed by atoms with van der Waals surface area (Å²) in [7, 11) is -2.86. The number of hydrogen-bond donors (Lipinski definition) is 0. The van der Waals surface area contributed by atoms with E-state index in [4.69, 9.17) is 9.47 Å². The van der Waals surface area contributed by atoms with Gasteiger partial charge in [-0.1, -0.05) is 146 Å². The second-order valence-electron chi connectivity index (χ2n) is 13.3. The van der Waals surface area contributed by atoms with Gasteiger partial charge in [0.05, 0.1) is 5.69 Å². The molecule has 0 bridgehead atoms. The molecule has 1 spiro atoms. The highest BCUT2D eigenvalue weighted by Crippen LogP contribution is 2.42. The molecule has 0 unspecified atom stereocenters. The Morgan fingerprint density at radius 3 is 1.46 bits per heavy atom. The van der Waals surface area contributed by atoms with E-state index in [0.717, 1.165) is 51.2 Å². The highest BCUT2D eigenvalue weighted by Gasteiger charge is 2.52. The molecular weight excluding hydrogens is 651 g/mol. The lowest BCUT2D eigenvalue weighted by atomic mass is 10.0. The molecule has 2 aliphatic heterocycles. The van der Waals surface area contributed by atoms with Crippen molar-refractivity contribution in [1.29, 1.82) is 0 Å². The molecule has 0 atom stereocenters. The van der Waals surface area contributed by atoms with E-state index in [1.165, 1.54) is 31.9 Å². The summed E-state index contributed by atoms with van der Waals surface area (Å²) in [4.78, 5) is 2.37. The lowest BCUT2D eigenvalue weighted by Crippen LogP contribution is -2.77. The summed E-state index contributed by atoms with van der Waals surface area (Å²) in [5.74, 6) is 3.65. The van der Waals surface area contributed by atoms with Crippen molar-refractivity contribution in [1.82, 2.24) is 0 Å². The van der Waals surface area contributed by atoms with E-state index in [0.29, 0.717) is 0 Å². The highest BCUT2D eigenvalue weighted by atomic mass is 28.3. The predicted octanol–water partition coefficient (Wildman–Crippen LogP) is 10.1. The zero-order valence-electron chi connectivity index (χ0n) is 28.3. The van der Waals surface area contributed by atoms with Crippen molar-refractivity contribution in [3.8, 4) is 45.3 Å². The molecule has 0 saturated carbocycles. The maximum atomic E-state index is 6.74. The molecule has 4 heteroatoms. The van der Waals surface area contributed by atoms with Crippen LogP contribution in [-0.4, -0.2) is 8.07 Å². The summed E-state index contributed by atoms with van der Waals surface area (Å²) in [5.41, 5.74) is 7.93. The van der Waals surface area contributed by atoms with Crippen LogP contribution in [0.4, 0.5) is 17.1 Å². The first-order valence-electron chi connectivity index (χ1n) is 17.7. The van der Waals surface area contributed by atoms with Gasteiger partial charge in [-0.15, -0.1) is 0 Å². The SMILES string of the molecule is c1ccc(-c2ccccc2N(c2ccccc2)c2cccc(-c3ccc4c(c3)[Si]3(c5ccccc5Oc5ccccc53)c3ccccc3O4)c2)cc1. The number of benzene rings is 8. The Labute approximate surface area is 304 Å². The van der Waals surface area contributed by atoms with Crippen LogP contribution in [0.1, 0.15) is 0 Å². The summed E-state index contributed by atoms with van der Waals surface area (Å²) in [6.07, 6.45) is 0. The molecule has 8 aromatic rings. The largest absolute Gasteiger partial charge is 0.458 e. The van der Waals surface area contributed by atoms with Crippen molar-refractivity contribution < 1.29 is 9.47 Å². The van der Waals surface area contributed by atoms with Crippen molar-refractivity contribution in [3.63, 3.8) is 0 Å². The maximum Gasteiger partial charge on any atom is 0.196 e. The summed E-state index contributed by atoms with van der Waals surface area (Å²) in [5, 5.41) is 4.95. The lowest BCUT2D eigenvalue weighted by Gasteiger charge is -2.43. The molecule has 246 valence electrons. The molecule has 10 rings (SSSR count). The molecule has 0 amide bonds. The molecule has 2 heterocycles. The van der Waals surface area contributed by atoms with Crippen LogP contribution in [0.25, 0.3) is 22.3 Å². The van der Waals surface area contributed by atoms with E-state index in [1.54, 1.807) is 0 Å². The zero-order valence-corrected chi connectivity index (χ0v) is 29.3. The van der Waals surface area contributed by atoms with Gasteiger partial charge in [-0.05, 0) is 92.0 Å². The monoisotopic (exact) mass is 683 g/mol. The Hall–Kier alpha value is -6.62. The maximum absolute atomic E-state index is 6.74. The number of anilines is 3. The summed E-state index contributed by atoms with van der Waals surface area (Å²) < 4.78 is 13.4. The third kappa shape index (κ3) is 4.73. The van der Waals surface area contributed by atoms with Crippen LogP contribution in [0.5, 0.6) is 23.0 Å². The van der Waals surface area contributed by atoms with Crippen molar-refractivity contribution in [2.45, 2.75) is 0 Å². The van der Waals surface area contributed by atoms with Crippen molar-refractivity contribution in [2.24, 2.45) is 0 Å². The Morgan fingerprint density at radius 1 is 0.327 bits per heavy atom. The molecule has 3 nitrogen and oxygen atoms in total. The Kier molecular flexibility index (Phi) is 7.15. The molecule has 52 heavy (non-hydrogen) atoms. The Bertz CT molecular complexity index is 2500. The first-order chi connectivity index (χ1) is 25.8. The van der Waals surface area contributed by atoms with Gasteiger partial charge in [0, 0.05) is 16.9 Å². The van der Waals surface area contributed by atoms with E-state index >= 15 is 0 Å². The molecule has 0 fully saturated rings. The van der Waals surface area contributed by atoms with Crippen LogP contribution in [-0.2, 0) is 0 Å². The van der Waals surface area contributed by atoms with E-state index < -0.39 is 8.07 Å². The second-order valence-corrected chi connectivity index (χ2v) is 16.9. The van der Waals surface area contributed by atoms with Crippen molar-refractivity contribution in [3.05, 3.63) is 200 Å². The van der Waals surface area contributed by atoms with Gasteiger partial charge in [0.2, 0.25) is 0 Å². The number of rotatable bonds is 5. The number of ether oxygens (including phenoxy) is 2. The first kappa shape index (κ1) is 30.2. The standard InChI is InChI=1S/C48H33NO2Si/c1-3-16-34(17-4-1)39-22-7-8-23-40(39)49(37-19-5-2-6-20-37)38-21-15-18-35(32-38)36-30-31-44-48(33-36)52(47-29-14-11-26-43(47)51-44)45-27-12-9-24-41(45)50-42-25-10-13-28-46(42)52/h1-33H. The van der Waals surface area contributed by atoms with E-state index in [9.17, 15) is 0 Å². The van der Waals surface area contributed by atoms with Gasteiger partial charge in [-0.25, -0.2) is 0 Å². The van der Waals surface area contributed by atoms with Crippen LogP contribution >= 0.6 is 0 Å². The first-order valence-corrected chi connectivity index (χ1v) is 19.7. The molecule has 0 N–H and O–H groups in total. The average Bonchev–Trinajstić information content (AvgIpc) is 3.22. The van der Waals surface area contributed by atoms with E-state index in [2.05, 4.69) is 205 Å². The molecule has 8 aromatic carbocycles. The van der Waals surface area contributed by atoms with E-state index in [1.807, 2.05) is 0 Å². The molecule has 0 saturated heterocycles. The van der Waals surface area contributed by atoms with Gasteiger partial charge in [0.15, 0.2) is 8.07 Å². The quantitative estimate of drug-likeness (QED) is 0.169. The van der Waals surface area contributed by atoms with Crippen molar-refractivity contribution >= 4 is 45.9 Å². The molecule has 0 aliphatic carbocycles. The van der Waals surface area contributed by atoms with Crippen LogP contribution < -0.4 is 35.1 Å². The van der Waals surface area contributed by atoms with Gasteiger partial charge < -0.3 is 14.4 Å². The predicted molar refractivity (Wildman–Crippen MR) is 216 cm³/mol. The fourth-order valence-electron chi connectivity index (χ4n) is 8.15. The number of para-hydroxylation sites is 5. The minimum absolute atomic E-state index is 0.902. The van der Waals surface area contributed by atoms with Crippen LogP contribution in [0.2, 0.25) is 0 Å². The lowest BCUT2D eigenvalue weighted by molar-refractivity contribution is 0.481. The van der Waals surface area contributed by atoms with Gasteiger partial charge >= 0.3 is 0 Å². The van der Waals surface area contributed by atoms with Gasteiger partial charge in [0.25, 0.3) is 0 Å².